The van der Waals surface area contributed by atoms with Crippen LogP contribution >= 0.6 is 34.8 Å². The highest BCUT2D eigenvalue weighted by Gasteiger charge is 2.19. The van der Waals surface area contributed by atoms with Gasteiger partial charge in [0.25, 0.3) is 5.91 Å². The van der Waals surface area contributed by atoms with Crippen molar-refractivity contribution >= 4 is 52.4 Å². The van der Waals surface area contributed by atoms with Crippen molar-refractivity contribution in [1.82, 2.24) is 4.98 Å². The normalized spacial score (nSPS) is 10.4. The zero-order valence-corrected chi connectivity index (χ0v) is 13.8. The van der Waals surface area contributed by atoms with Crippen LogP contribution in [0.3, 0.4) is 0 Å². The van der Waals surface area contributed by atoms with Crippen molar-refractivity contribution in [3.8, 4) is 0 Å². The summed E-state index contributed by atoms with van der Waals surface area (Å²) in [4.78, 5) is 27.1. The maximum atomic E-state index is 13.4. The van der Waals surface area contributed by atoms with Crippen molar-refractivity contribution in [3.05, 3.63) is 56.8 Å². The molecule has 0 unspecified atom stereocenters. The highest BCUT2D eigenvalue weighted by molar-refractivity contribution is 6.48. The van der Waals surface area contributed by atoms with Gasteiger partial charge in [-0.1, -0.05) is 34.8 Å². The molecule has 0 aliphatic carbocycles. The number of anilines is 1. The van der Waals surface area contributed by atoms with Crippen molar-refractivity contribution < 1.29 is 23.1 Å². The molecule has 0 aliphatic heterocycles. The number of nitrogens with one attached hydrogen (secondary N) is 1. The Morgan fingerprint density at radius 1 is 1.17 bits per heavy atom. The Hall–Kier alpha value is -1.96. The second-order valence-corrected chi connectivity index (χ2v) is 5.49. The summed E-state index contributed by atoms with van der Waals surface area (Å²) in [5, 5.41) is 1.86. The number of benzene rings is 1. The third-order valence-electron chi connectivity index (χ3n) is 2.65. The molecule has 10 heteroatoms. The Kier molecular flexibility index (Phi) is 5.93. The summed E-state index contributed by atoms with van der Waals surface area (Å²) in [7, 11) is 0. The highest BCUT2D eigenvalue weighted by Crippen LogP contribution is 2.31. The number of rotatable bonds is 4. The fraction of sp³-hybridized carbons (Fsp3) is 0.0714. The van der Waals surface area contributed by atoms with E-state index in [0.29, 0.717) is 6.07 Å². The van der Waals surface area contributed by atoms with Crippen LogP contribution < -0.4 is 5.32 Å². The van der Waals surface area contributed by atoms with E-state index in [-0.39, 0.29) is 26.4 Å². The van der Waals surface area contributed by atoms with Gasteiger partial charge in [-0.05, 0) is 12.1 Å². The maximum absolute atomic E-state index is 13.4. The van der Waals surface area contributed by atoms with Gasteiger partial charge < -0.3 is 10.1 Å². The lowest BCUT2D eigenvalue weighted by Gasteiger charge is -2.08. The van der Waals surface area contributed by atoms with Gasteiger partial charge in [0.05, 0.1) is 20.8 Å². The number of hydrogen-bond acceptors (Lipinski definition) is 4. The zero-order valence-electron chi connectivity index (χ0n) is 11.6. The third-order valence-corrected chi connectivity index (χ3v) is 3.89. The van der Waals surface area contributed by atoms with Gasteiger partial charge in [0.15, 0.2) is 12.3 Å². The number of carbonyl (C=O) groups excluding carboxylic acids is 2. The number of ether oxygens (including phenoxy) is 1. The van der Waals surface area contributed by atoms with Gasteiger partial charge in [-0.25, -0.2) is 18.6 Å². The molecule has 1 N–H and O–H groups in total. The number of amides is 1. The van der Waals surface area contributed by atoms with Crippen LogP contribution in [-0.2, 0) is 9.53 Å². The molecule has 24 heavy (non-hydrogen) atoms. The highest BCUT2D eigenvalue weighted by atomic mass is 35.5. The molecule has 0 spiro atoms. The third kappa shape index (κ3) is 4.31. The van der Waals surface area contributed by atoms with Crippen LogP contribution in [-0.4, -0.2) is 23.5 Å². The van der Waals surface area contributed by atoms with Crippen LogP contribution in [0.2, 0.25) is 15.1 Å². The number of halogens is 5. The number of pyridine rings is 1. The molecular weight excluding hydrogens is 389 g/mol. The van der Waals surface area contributed by atoms with Crippen molar-refractivity contribution in [3.63, 3.8) is 0 Å². The zero-order chi connectivity index (χ0) is 17.9. The van der Waals surface area contributed by atoms with Crippen LogP contribution in [0.4, 0.5) is 14.5 Å². The Labute approximate surface area is 149 Å². The van der Waals surface area contributed by atoms with Crippen molar-refractivity contribution in [2.75, 3.05) is 11.9 Å². The van der Waals surface area contributed by atoms with Crippen LogP contribution in [0.1, 0.15) is 10.5 Å². The second-order valence-electron chi connectivity index (χ2n) is 4.33. The topological polar surface area (TPSA) is 68.3 Å². The molecule has 0 bridgehead atoms. The first-order valence-corrected chi connectivity index (χ1v) is 7.34. The van der Waals surface area contributed by atoms with Crippen LogP contribution in [0.5, 0.6) is 0 Å². The number of carbonyl (C=O) groups is 2. The van der Waals surface area contributed by atoms with E-state index in [0.717, 1.165) is 18.3 Å². The van der Waals surface area contributed by atoms with E-state index >= 15 is 0 Å². The molecule has 0 fully saturated rings. The summed E-state index contributed by atoms with van der Waals surface area (Å²) in [6.07, 6.45) is 1.10. The van der Waals surface area contributed by atoms with Gasteiger partial charge >= 0.3 is 5.97 Å². The molecule has 5 nitrogen and oxygen atoms in total. The first kappa shape index (κ1) is 18.4. The fourth-order valence-corrected chi connectivity index (χ4v) is 2.12. The predicted octanol–water partition coefficient (Wildman–Crippen LogP) is 4.12. The van der Waals surface area contributed by atoms with E-state index < -0.39 is 30.1 Å². The molecule has 0 aliphatic rings. The quantitative estimate of drug-likeness (QED) is 0.791. The molecule has 1 aromatic carbocycles. The summed E-state index contributed by atoms with van der Waals surface area (Å²) in [5.41, 5.74) is -0.588. The average Bonchev–Trinajstić information content (AvgIpc) is 2.53. The summed E-state index contributed by atoms with van der Waals surface area (Å²) in [6.45, 7) is -0.742. The summed E-state index contributed by atoms with van der Waals surface area (Å²) in [5.74, 6) is -3.63. The first-order valence-electron chi connectivity index (χ1n) is 6.21. The average molecular weight is 396 g/mol. The Morgan fingerprint density at radius 2 is 1.88 bits per heavy atom. The Balaban J connectivity index is 1.99. The van der Waals surface area contributed by atoms with Gasteiger partial charge in [0, 0.05) is 12.3 Å². The fourth-order valence-electron chi connectivity index (χ4n) is 1.56. The lowest BCUT2D eigenvalue weighted by Crippen LogP contribution is -2.22. The smallest absolute Gasteiger partial charge is 0.359 e. The molecule has 1 heterocycles. The molecule has 1 aromatic heterocycles. The molecule has 126 valence electrons. The monoisotopic (exact) mass is 394 g/mol. The molecule has 0 radical (unpaired) electrons. The van der Waals surface area contributed by atoms with E-state index in [1.165, 1.54) is 0 Å². The van der Waals surface area contributed by atoms with E-state index in [2.05, 4.69) is 10.3 Å². The molecule has 2 aromatic rings. The van der Waals surface area contributed by atoms with E-state index in [9.17, 15) is 18.4 Å². The van der Waals surface area contributed by atoms with Crippen LogP contribution in [0.15, 0.2) is 24.4 Å². The number of aromatic nitrogens is 1. The standard InChI is InChI=1S/C14H7Cl3F2N2O3/c15-7-4-20-13(12(17)11(7)16)14(23)24-5-10(22)21-9-2-1-6(18)3-8(9)19/h1-4H,5H2,(H,21,22). The van der Waals surface area contributed by atoms with Gasteiger partial charge in [-0.15, -0.1) is 0 Å². The van der Waals surface area contributed by atoms with E-state index in [1.807, 2.05) is 0 Å². The molecule has 2 rings (SSSR count). The first-order chi connectivity index (χ1) is 11.3. The van der Waals surface area contributed by atoms with Gasteiger partial charge in [-0.2, -0.15) is 0 Å². The van der Waals surface area contributed by atoms with Crippen molar-refractivity contribution in [2.45, 2.75) is 0 Å². The van der Waals surface area contributed by atoms with Gasteiger partial charge in [-0.3, -0.25) is 4.79 Å². The minimum atomic E-state index is -1.02. The Morgan fingerprint density at radius 3 is 2.54 bits per heavy atom. The van der Waals surface area contributed by atoms with Crippen molar-refractivity contribution in [2.24, 2.45) is 0 Å². The summed E-state index contributed by atoms with van der Waals surface area (Å²) >= 11 is 17.2. The summed E-state index contributed by atoms with van der Waals surface area (Å²) < 4.78 is 30.9. The van der Waals surface area contributed by atoms with E-state index in [1.54, 1.807) is 0 Å². The second kappa shape index (κ2) is 7.74. The molecule has 1 amide bonds. The Bertz CT molecular complexity index is 818. The number of nitrogens with zero attached hydrogens (tertiary/aromatic N) is 1. The molecule has 0 saturated heterocycles. The predicted molar refractivity (Wildman–Crippen MR) is 84.5 cm³/mol. The largest absolute Gasteiger partial charge is 0.451 e. The number of esters is 1. The molecular formula is C14H7Cl3F2N2O3. The van der Waals surface area contributed by atoms with E-state index in [4.69, 9.17) is 39.5 Å². The van der Waals surface area contributed by atoms with Crippen molar-refractivity contribution in [1.29, 1.82) is 0 Å². The lowest BCUT2D eigenvalue weighted by molar-refractivity contribution is -0.119. The SMILES string of the molecule is O=C(COC(=O)c1ncc(Cl)c(Cl)c1Cl)Nc1ccc(F)cc1F. The maximum Gasteiger partial charge on any atom is 0.359 e. The number of hydrogen-bond donors (Lipinski definition) is 1. The lowest BCUT2D eigenvalue weighted by atomic mass is 10.3. The minimum absolute atomic E-state index is 0.0442. The van der Waals surface area contributed by atoms with Crippen LogP contribution in [0.25, 0.3) is 0 Å². The van der Waals surface area contributed by atoms with Gasteiger partial charge in [0.1, 0.15) is 11.6 Å². The summed E-state index contributed by atoms with van der Waals surface area (Å²) in [6, 6.07) is 2.59. The van der Waals surface area contributed by atoms with Crippen LogP contribution in [0, 0.1) is 11.6 Å². The molecule has 0 saturated carbocycles. The molecule has 0 atom stereocenters. The van der Waals surface area contributed by atoms with Gasteiger partial charge in [0.2, 0.25) is 0 Å². The minimum Gasteiger partial charge on any atom is -0.451 e.